The smallest absolute Gasteiger partial charge is 0.159 e. The number of rotatable bonds is 5. The molecule has 2 aliphatic rings. The molecule has 7 nitrogen and oxygen atoms in total. The molecule has 3 aromatic heterocycles. The Morgan fingerprint density at radius 2 is 1.91 bits per heavy atom. The third-order valence-corrected chi connectivity index (χ3v) is 7.37. The molecule has 176 valence electrons. The number of imidazole rings is 1. The second-order valence-corrected chi connectivity index (χ2v) is 9.83. The number of aryl methyl sites for hydroxylation is 4. The molecule has 4 aromatic rings. The van der Waals surface area contributed by atoms with E-state index in [0.717, 1.165) is 76.4 Å². The first-order valence-electron chi connectivity index (χ1n) is 12.1. The fraction of sp³-hybridized carbons (Fsp3) is 0.444. The van der Waals surface area contributed by atoms with E-state index in [9.17, 15) is 5.11 Å². The number of aliphatic hydroxyl groups is 1. The summed E-state index contributed by atoms with van der Waals surface area (Å²) < 4.78 is 13.8. The van der Waals surface area contributed by atoms with Crippen LogP contribution in [0.3, 0.4) is 0 Å². The van der Waals surface area contributed by atoms with Crippen molar-refractivity contribution in [3.63, 3.8) is 0 Å². The summed E-state index contributed by atoms with van der Waals surface area (Å²) in [7, 11) is 2.07. The highest BCUT2D eigenvalue weighted by atomic mass is 16.5. The van der Waals surface area contributed by atoms with Crippen molar-refractivity contribution in [2.45, 2.75) is 64.1 Å². The maximum atomic E-state index is 12.6. The highest BCUT2D eigenvalue weighted by molar-refractivity contribution is 5.88. The van der Waals surface area contributed by atoms with Crippen LogP contribution in [0.2, 0.25) is 0 Å². The Kier molecular flexibility index (Phi) is 4.90. The van der Waals surface area contributed by atoms with Crippen molar-refractivity contribution < 1.29 is 14.4 Å². The summed E-state index contributed by atoms with van der Waals surface area (Å²) in [5, 5.41) is 16.8. The van der Waals surface area contributed by atoms with Gasteiger partial charge < -0.3 is 18.9 Å². The van der Waals surface area contributed by atoms with Crippen LogP contribution in [-0.2, 0) is 17.4 Å². The van der Waals surface area contributed by atoms with Crippen LogP contribution in [-0.4, -0.2) is 37.5 Å². The topological polar surface area (TPSA) is 86.2 Å². The van der Waals surface area contributed by atoms with Gasteiger partial charge >= 0.3 is 0 Å². The van der Waals surface area contributed by atoms with Crippen LogP contribution in [0.25, 0.3) is 22.2 Å². The SMILES string of the molecule is Cc1cccc(C(O)(c2cc(-c3c(C)noc3C)cc3c2nc(C2CC2)n3C)C2CCCO2)n1. The first kappa shape index (κ1) is 21.5. The van der Waals surface area contributed by atoms with Gasteiger partial charge in [0.2, 0.25) is 0 Å². The molecule has 1 aliphatic carbocycles. The molecule has 6 rings (SSSR count). The van der Waals surface area contributed by atoms with Gasteiger partial charge in [-0.1, -0.05) is 11.2 Å². The van der Waals surface area contributed by atoms with Crippen LogP contribution in [0.4, 0.5) is 0 Å². The zero-order valence-corrected chi connectivity index (χ0v) is 20.1. The minimum Gasteiger partial charge on any atom is -0.376 e. The molecule has 34 heavy (non-hydrogen) atoms. The Balaban J connectivity index is 1.69. The summed E-state index contributed by atoms with van der Waals surface area (Å²) in [4.78, 5) is 9.89. The van der Waals surface area contributed by atoms with Crippen molar-refractivity contribution in [2.75, 3.05) is 6.61 Å². The first-order chi connectivity index (χ1) is 16.4. The minimum absolute atomic E-state index is 0.406. The standard InChI is InChI=1S/C27H30N4O3/c1-15-7-5-8-22(28-15)27(32,23-9-6-12-33-23)20-13-19(24-16(2)30-34-17(24)3)14-21-25(20)29-26(31(21)4)18-10-11-18/h5,7-8,13-14,18,23,32H,6,9-12H2,1-4H3. The molecule has 0 radical (unpaired) electrons. The predicted octanol–water partition coefficient (Wildman–Crippen LogP) is 4.84. The molecule has 0 bridgehead atoms. The van der Waals surface area contributed by atoms with Gasteiger partial charge in [0.15, 0.2) is 5.60 Å². The maximum absolute atomic E-state index is 12.6. The third-order valence-electron chi connectivity index (χ3n) is 7.37. The van der Waals surface area contributed by atoms with Crippen LogP contribution >= 0.6 is 0 Å². The van der Waals surface area contributed by atoms with Crippen molar-refractivity contribution in [3.05, 3.63) is 64.6 Å². The molecule has 4 heterocycles. The van der Waals surface area contributed by atoms with Gasteiger partial charge in [-0.25, -0.2) is 4.98 Å². The number of hydrogen-bond acceptors (Lipinski definition) is 6. The lowest BCUT2D eigenvalue weighted by Gasteiger charge is -2.34. The van der Waals surface area contributed by atoms with Crippen LogP contribution in [0.15, 0.2) is 34.9 Å². The molecule has 1 aliphatic heterocycles. The van der Waals surface area contributed by atoms with E-state index in [-0.39, 0.29) is 0 Å². The lowest BCUT2D eigenvalue weighted by molar-refractivity contribution is -0.0637. The van der Waals surface area contributed by atoms with Crippen LogP contribution in [0, 0.1) is 20.8 Å². The second kappa shape index (κ2) is 7.75. The van der Waals surface area contributed by atoms with E-state index in [1.807, 2.05) is 45.0 Å². The fourth-order valence-corrected chi connectivity index (χ4v) is 5.48. The molecule has 1 aromatic carbocycles. The average Bonchev–Trinajstić information content (AvgIpc) is 3.23. The van der Waals surface area contributed by atoms with Gasteiger partial charge in [0.25, 0.3) is 0 Å². The van der Waals surface area contributed by atoms with E-state index >= 15 is 0 Å². The van der Waals surface area contributed by atoms with E-state index in [1.54, 1.807) is 0 Å². The van der Waals surface area contributed by atoms with E-state index < -0.39 is 11.7 Å². The maximum Gasteiger partial charge on any atom is 0.159 e. The van der Waals surface area contributed by atoms with Gasteiger partial charge in [0.05, 0.1) is 28.5 Å². The fourth-order valence-electron chi connectivity index (χ4n) is 5.48. The summed E-state index contributed by atoms with van der Waals surface area (Å²) in [5.74, 6) is 2.29. The Morgan fingerprint density at radius 3 is 2.56 bits per heavy atom. The molecule has 1 N–H and O–H groups in total. The minimum atomic E-state index is -1.44. The molecule has 1 saturated carbocycles. The Bertz CT molecular complexity index is 1380. The number of benzene rings is 1. The number of ether oxygens (including phenoxy) is 1. The Hall–Kier alpha value is -3.03. The van der Waals surface area contributed by atoms with Crippen LogP contribution in [0.5, 0.6) is 0 Å². The zero-order valence-electron chi connectivity index (χ0n) is 20.1. The highest BCUT2D eigenvalue weighted by Crippen LogP contribution is 2.46. The monoisotopic (exact) mass is 458 g/mol. The molecule has 7 heteroatoms. The predicted molar refractivity (Wildman–Crippen MR) is 129 cm³/mol. The molecular weight excluding hydrogens is 428 g/mol. The van der Waals surface area contributed by atoms with Crippen molar-refractivity contribution in [1.82, 2.24) is 19.7 Å². The first-order valence-corrected chi connectivity index (χ1v) is 12.1. The van der Waals surface area contributed by atoms with Crippen molar-refractivity contribution in [2.24, 2.45) is 7.05 Å². The van der Waals surface area contributed by atoms with Crippen molar-refractivity contribution in [3.8, 4) is 11.1 Å². The normalized spacial score (nSPS) is 20.2. The average molecular weight is 459 g/mol. The molecule has 1 saturated heterocycles. The largest absolute Gasteiger partial charge is 0.376 e. The summed E-state index contributed by atoms with van der Waals surface area (Å²) in [5.41, 5.74) is 5.25. The summed E-state index contributed by atoms with van der Waals surface area (Å²) in [6.07, 6.45) is 3.56. The van der Waals surface area contributed by atoms with E-state index in [4.69, 9.17) is 19.2 Å². The number of aromatic nitrogens is 4. The summed E-state index contributed by atoms with van der Waals surface area (Å²) in [6, 6.07) is 9.98. The summed E-state index contributed by atoms with van der Waals surface area (Å²) >= 11 is 0. The van der Waals surface area contributed by atoms with Gasteiger partial charge in [0, 0.05) is 36.4 Å². The van der Waals surface area contributed by atoms with Gasteiger partial charge in [-0.3, -0.25) is 4.98 Å². The van der Waals surface area contributed by atoms with Gasteiger partial charge in [-0.2, -0.15) is 0 Å². The molecule has 2 fully saturated rings. The Morgan fingerprint density at radius 1 is 1.09 bits per heavy atom. The van der Waals surface area contributed by atoms with Crippen LogP contribution < -0.4 is 0 Å². The van der Waals surface area contributed by atoms with Crippen LogP contribution in [0.1, 0.15) is 65.8 Å². The lowest BCUT2D eigenvalue weighted by atomic mass is 9.81. The number of fused-ring (bicyclic) bond motifs is 1. The summed E-state index contributed by atoms with van der Waals surface area (Å²) in [6.45, 7) is 6.44. The molecular formula is C27H30N4O3. The van der Waals surface area contributed by atoms with Gasteiger partial charge in [0.1, 0.15) is 11.6 Å². The van der Waals surface area contributed by atoms with Crippen molar-refractivity contribution >= 4 is 11.0 Å². The third kappa shape index (κ3) is 3.21. The number of nitrogens with zero attached hydrogens (tertiary/aromatic N) is 4. The quantitative estimate of drug-likeness (QED) is 0.461. The lowest BCUT2D eigenvalue weighted by Crippen LogP contribution is -2.41. The molecule has 2 atom stereocenters. The number of hydrogen-bond donors (Lipinski definition) is 1. The van der Waals surface area contributed by atoms with E-state index in [1.165, 1.54) is 0 Å². The zero-order chi connectivity index (χ0) is 23.6. The Labute approximate surface area is 198 Å². The van der Waals surface area contributed by atoms with E-state index in [2.05, 4.69) is 22.8 Å². The van der Waals surface area contributed by atoms with Gasteiger partial charge in [-0.15, -0.1) is 0 Å². The molecule has 0 amide bonds. The van der Waals surface area contributed by atoms with Crippen molar-refractivity contribution in [1.29, 1.82) is 0 Å². The van der Waals surface area contributed by atoms with Gasteiger partial charge in [-0.05, 0) is 76.3 Å². The molecule has 2 unspecified atom stereocenters. The highest BCUT2D eigenvalue weighted by Gasteiger charge is 2.46. The van der Waals surface area contributed by atoms with E-state index in [0.29, 0.717) is 18.2 Å². The molecule has 0 spiro atoms. The number of pyridine rings is 1. The second-order valence-electron chi connectivity index (χ2n) is 9.83.